The molecule has 1 fully saturated rings. The van der Waals surface area contributed by atoms with Crippen molar-refractivity contribution in [2.24, 2.45) is 11.8 Å². The third-order valence-electron chi connectivity index (χ3n) is 3.91. The number of hydrogen-bond acceptors (Lipinski definition) is 2. The summed E-state index contributed by atoms with van der Waals surface area (Å²) in [4.78, 5) is 26.0. The molecule has 1 aromatic carbocycles. The zero-order valence-electron chi connectivity index (χ0n) is 13.6. The Balaban J connectivity index is 1.79. The van der Waals surface area contributed by atoms with Crippen LogP contribution in [-0.4, -0.2) is 36.5 Å². The van der Waals surface area contributed by atoms with E-state index in [9.17, 15) is 9.59 Å². The fourth-order valence-electron chi connectivity index (χ4n) is 2.56. The van der Waals surface area contributed by atoms with Crippen LogP contribution in [0.15, 0.2) is 24.3 Å². The third kappa shape index (κ3) is 5.43. The molecule has 0 saturated carbocycles. The maximum absolute atomic E-state index is 12.2. The van der Waals surface area contributed by atoms with Crippen LogP contribution < -0.4 is 10.6 Å². The summed E-state index contributed by atoms with van der Waals surface area (Å²) in [6.07, 6.45) is 1.40. The van der Waals surface area contributed by atoms with E-state index in [2.05, 4.69) is 24.5 Å². The van der Waals surface area contributed by atoms with Gasteiger partial charge in [0, 0.05) is 36.3 Å². The quantitative estimate of drug-likeness (QED) is 0.885. The van der Waals surface area contributed by atoms with Gasteiger partial charge in [0.05, 0.1) is 0 Å². The number of benzene rings is 1. The van der Waals surface area contributed by atoms with Gasteiger partial charge in [0.1, 0.15) is 0 Å². The van der Waals surface area contributed by atoms with Gasteiger partial charge in [0.2, 0.25) is 5.91 Å². The topological polar surface area (TPSA) is 61.4 Å². The van der Waals surface area contributed by atoms with Crippen LogP contribution in [0.1, 0.15) is 26.7 Å². The molecule has 1 saturated heterocycles. The van der Waals surface area contributed by atoms with E-state index in [4.69, 9.17) is 11.6 Å². The van der Waals surface area contributed by atoms with Crippen LogP contribution >= 0.6 is 11.6 Å². The van der Waals surface area contributed by atoms with Crippen molar-refractivity contribution in [2.75, 3.05) is 25.0 Å². The molecule has 1 aromatic rings. The van der Waals surface area contributed by atoms with Gasteiger partial charge < -0.3 is 15.5 Å². The molecule has 0 aromatic heterocycles. The van der Waals surface area contributed by atoms with Gasteiger partial charge in [-0.15, -0.1) is 0 Å². The van der Waals surface area contributed by atoms with Gasteiger partial charge in [-0.05, 0) is 37.0 Å². The van der Waals surface area contributed by atoms with E-state index >= 15 is 0 Å². The minimum absolute atomic E-state index is 0.00368. The first-order valence-corrected chi connectivity index (χ1v) is 8.42. The second-order valence-corrected chi connectivity index (χ2v) is 6.78. The van der Waals surface area contributed by atoms with Crippen molar-refractivity contribution in [3.8, 4) is 0 Å². The molecule has 1 aliphatic heterocycles. The maximum atomic E-state index is 12.2. The fraction of sp³-hybridized carbons (Fsp3) is 0.529. The lowest BCUT2D eigenvalue weighted by Gasteiger charge is -2.31. The summed E-state index contributed by atoms with van der Waals surface area (Å²) in [5, 5.41) is 6.39. The number of likely N-dealkylation sites (tertiary alicyclic amines) is 1. The average molecular weight is 338 g/mol. The molecule has 1 aliphatic rings. The Kier molecular flexibility index (Phi) is 6.28. The molecule has 0 atom stereocenters. The number of piperidine rings is 1. The Hall–Kier alpha value is -1.75. The lowest BCUT2D eigenvalue weighted by Crippen LogP contribution is -2.45. The summed E-state index contributed by atoms with van der Waals surface area (Å²) < 4.78 is 0. The van der Waals surface area contributed by atoms with Gasteiger partial charge in [-0.3, -0.25) is 4.79 Å². The summed E-state index contributed by atoms with van der Waals surface area (Å²) in [5.41, 5.74) is 0.680. The molecule has 0 aliphatic carbocycles. The van der Waals surface area contributed by atoms with Gasteiger partial charge >= 0.3 is 6.03 Å². The van der Waals surface area contributed by atoms with Crippen molar-refractivity contribution in [1.82, 2.24) is 10.2 Å². The highest BCUT2D eigenvalue weighted by Gasteiger charge is 2.27. The van der Waals surface area contributed by atoms with Gasteiger partial charge in [-0.2, -0.15) is 0 Å². The van der Waals surface area contributed by atoms with Crippen LogP contribution in [0.5, 0.6) is 0 Å². The summed E-state index contributed by atoms with van der Waals surface area (Å²) >= 11 is 5.91. The van der Waals surface area contributed by atoms with E-state index in [1.807, 2.05) is 0 Å². The Labute approximate surface area is 142 Å². The molecule has 0 spiro atoms. The number of carbonyl (C=O) groups is 2. The normalized spacial score (nSPS) is 15.6. The van der Waals surface area contributed by atoms with Crippen molar-refractivity contribution >= 4 is 29.2 Å². The second-order valence-electron chi connectivity index (χ2n) is 6.34. The van der Waals surface area contributed by atoms with Crippen LogP contribution in [0.25, 0.3) is 0 Å². The molecular weight excluding hydrogens is 314 g/mol. The van der Waals surface area contributed by atoms with Crippen molar-refractivity contribution in [1.29, 1.82) is 0 Å². The Morgan fingerprint density at radius 1 is 1.30 bits per heavy atom. The van der Waals surface area contributed by atoms with Gasteiger partial charge in [0.25, 0.3) is 0 Å². The third-order valence-corrected chi connectivity index (χ3v) is 4.15. The molecule has 0 bridgehead atoms. The van der Waals surface area contributed by atoms with E-state index < -0.39 is 0 Å². The SMILES string of the molecule is CC(C)CNC(=O)C1CCN(C(=O)Nc2cccc(Cl)c2)CC1. The molecular formula is C17H24ClN3O2. The first-order chi connectivity index (χ1) is 11.0. The second kappa shape index (κ2) is 8.20. The minimum Gasteiger partial charge on any atom is -0.356 e. The van der Waals surface area contributed by atoms with Crippen molar-refractivity contribution in [3.63, 3.8) is 0 Å². The van der Waals surface area contributed by atoms with Crippen molar-refractivity contribution in [3.05, 3.63) is 29.3 Å². The summed E-state index contributed by atoms with van der Waals surface area (Å²) in [7, 11) is 0. The molecule has 0 unspecified atom stereocenters. The van der Waals surface area contributed by atoms with E-state index in [0.29, 0.717) is 49.1 Å². The number of urea groups is 1. The standard InChI is InChI=1S/C17H24ClN3O2/c1-12(2)11-19-16(22)13-6-8-21(9-7-13)17(23)20-15-5-3-4-14(18)10-15/h3-5,10,12-13H,6-9,11H2,1-2H3,(H,19,22)(H,20,23). The van der Waals surface area contributed by atoms with Crippen molar-refractivity contribution in [2.45, 2.75) is 26.7 Å². The number of halogens is 1. The number of rotatable bonds is 4. The van der Waals surface area contributed by atoms with Gasteiger partial charge in [-0.25, -0.2) is 4.79 Å². The zero-order valence-corrected chi connectivity index (χ0v) is 14.4. The fourth-order valence-corrected chi connectivity index (χ4v) is 2.75. The molecule has 5 nitrogen and oxygen atoms in total. The van der Waals surface area contributed by atoms with E-state index in [1.54, 1.807) is 29.2 Å². The van der Waals surface area contributed by atoms with Gasteiger partial charge in [0.15, 0.2) is 0 Å². The summed E-state index contributed by atoms with van der Waals surface area (Å²) in [5.74, 6) is 0.556. The average Bonchev–Trinajstić information content (AvgIpc) is 2.52. The summed E-state index contributed by atoms with van der Waals surface area (Å²) in [6.45, 7) is 6.03. The molecule has 2 N–H and O–H groups in total. The maximum Gasteiger partial charge on any atom is 0.321 e. The van der Waals surface area contributed by atoms with Gasteiger partial charge in [-0.1, -0.05) is 31.5 Å². The van der Waals surface area contributed by atoms with Crippen LogP contribution in [0.2, 0.25) is 5.02 Å². The predicted octanol–water partition coefficient (Wildman–Crippen LogP) is 3.36. The molecule has 3 amide bonds. The molecule has 126 valence electrons. The number of anilines is 1. The van der Waals surface area contributed by atoms with Crippen LogP contribution in [0.4, 0.5) is 10.5 Å². The number of amides is 3. The van der Waals surface area contributed by atoms with E-state index in [1.165, 1.54) is 0 Å². The van der Waals surface area contributed by atoms with E-state index in [0.717, 1.165) is 0 Å². The highest BCUT2D eigenvalue weighted by Crippen LogP contribution is 2.20. The molecule has 6 heteroatoms. The summed E-state index contributed by atoms with van der Waals surface area (Å²) in [6, 6.07) is 6.93. The molecule has 23 heavy (non-hydrogen) atoms. The lowest BCUT2D eigenvalue weighted by atomic mass is 9.96. The minimum atomic E-state index is -0.145. The molecule has 2 rings (SSSR count). The molecule has 1 heterocycles. The Morgan fingerprint density at radius 2 is 2.00 bits per heavy atom. The largest absolute Gasteiger partial charge is 0.356 e. The van der Waals surface area contributed by atoms with Crippen LogP contribution in [-0.2, 0) is 4.79 Å². The predicted molar refractivity (Wildman–Crippen MR) is 92.6 cm³/mol. The zero-order chi connectivity index (χ0) is 16.8. The number of hydrogen-bond donors (Lipinski definition) is 2. The number of carbonyl (C=O) groups excluding carboxylic acids is 2. The smallest absolute Gasteiger partial charge is 0.321 e. The molecule has 0 radical (unpaired) electrons. The monoisotopic (exact) mass is 337 g/mol. The lowest BCUT2D eigenvalue weighted by molar-refractivity contribution is -0.126. The number of nitrogens with zero attached hydrogens (tertiary/aromatic N) is 1. The van der Waals surface area contributed by atoms with Crippen LogP contribution in [0, 0.1) is 11.8 Å². The first kappa shape index (κ1) is 17.6. The highest BCUT2D eigenvalue weighted by atomic mass is 35.5. The highest BCUT2D eigenvalue weighted by molar-refractivity contribution is 6.30. The Morgan fingerprint density at radius 3 is 2.61 bits per heavy atom. The Bertz CT molecular complexity index is 555. The number of nitrogens with one attached hydrogen (secondary N) is 2. The van der Waals surface area contributed by atoms with E-state index in [-0.39, 0.29) is 17.9 Å². The van der Waals surface area contributed by atoms with Crippen molar-refractivity contribution < 1.29 is 9.59 Å². The van der Waals surface area contributed by atoms with Crippen LogP contribution in [0.3, 0.4) is 0 Å². The first-order valence-electron chi connectivity index (χ1n) is 8.05.